The minimum Gasteiger partial charge on any atom is -0.469 e. The molecule has 7 heteroatoms. The van der Waals surface area contributed by atoms with Gasteiger partial charge in [-0.05, 0) is 12.8 Å². The molecule has 7 nitrogen and oxygen atoms in total. The van der Waals surface area contributed by atoms with Crippen molar-refractivity contribution in [2.24, 2.45) is 0 Å². The Morgan fingerprint density at radius 1 is 0.909 bits per heavy atom. The molecule has 0 aliphatic heterocycles. The Labute approximate surface area is 130 Å². The number of carbonyl (C=O) groups is 3. The Bertz CT molecular complexity index is 367. The fourth-order valence-corrected chi connectivity index (χ4v) is 1.58. The molecule has 0 aliphatic rings. The number of rotatable bonds is 11. The van der Waals surface area contributed by atoms with Crippen LogP contribution in [-0.4, -0.2) is 48.9 Å². The zero-order valence-corrected chi connectivity index (χ0v) is 13.6. The van der Waals surface area contributed by atoms with Gasteiger partial charge in [0.15, 0.2) is 5.60 Å². The van der Waals surface area contributed by atoms with Gasteiger partial charge in [0, 0.05) is 0 Å². The van der Waals surface area contributed by atoms with Gasteiger partial charge in [-0.25, -0.2) is 4.79 Å². The number of carbonyl (C=O) groups excluding carboxylic acids is 3. The van der Waals surface area contributed by atoms with E-state index in [4.69, 9.17) is 9.47 Å². The van der Waals surface area contributed by atoms with E-state index in [1.165, 1.54) is 0 Å². The standard InChI is InChI=1S/C15H26O7/c1-4-6-8-21-13(17)11-15(19,10-12(16)20-3)14(18)22-9-7-5-2/h19H,4-11H2,1-3H3. The molecular weight excluding hydrogens is 292 g/mol. The van der Waals surface area contributed by atoms with Crippen molar-refractivity contribution >= 4 is 17.9 Å². The van der Waals surface area contributed by atoms with Crippen LogP contribution in [0.15, 0.2) is 0 Å². The predicted octanol–water partition coefficient (Wildman–Crippen LogP) is 1.36. The number of methoxy groups -OCH3 is 1. The second-order valence-electron chi connectivity index (χ2n) is 5.02. The molecule has 0 aliphatic carbocycles. The molecule has 1 unspecified atom stereocenters. The summed E-state index contributed by atoms with van der Waals surface area (Å²) < 4.78 is 14.3. The van der Waals surface area contributed by atoms with Crippen molar-refractivity contribution in [3.63, 3.8) is 0 Å². The second-order valence-corrected chi connectivity index (χ2v) is 5.02. The van der Waals surface area contributed by atoms with Gasteiger partial charge in [0.25, 0.3) is 0 Å². The molecule has 128 valence electrons. The average molecular weight is 318 g/mol. The van der Waals surface area contributed by atoms with Crippen molar-refractivity contribution in [1.29, 1.82) is 0 Å². The first-order valence-corrected chi connectivity index (χ1v) is 7.51. The maximum Gasteiger partial charge on any atom is 0.339 e. The summed E-state index contributed by atoms with van der Waals surface area (Å²) in [6.45, 7) is 4.17. The summed E-state index contributed by atoms with van der Waals surface area (Å²) in [6, 6.07) is 0. The molecule has 0 radical (unpaired) electrons. The summed E-state index contributed by atoms with van der Waals surface area (Å²) >= 11 is 0. The SMILES string of the molecule is CCCCOC(=O)CC(O)(CC(=O)OC)C(=O)OCCCC. The zero-order chi connectivity index (χ0) is 17.0. The molecule has 0 spiro atoms. The maximum atomic E-state index is 12.0. The summed E-state index contributed by atoms with van der Waals surface area (Å²) in [4.78, 5) is 35.0. The third-order valence-electron chi connectivity index (χ3n) is 2.97. The first kappa shape index (κ1) is 20.4. The lowest BCUT2D eigenvalue weighted by Gasteiger charge is -2.24. The predicted molar refractivity (Wildman–Crippen MR) is 77.9 cm³/mol. The van der Waals surface area contributed by atoms with E-state index < -0.39 is 36.4 Å². The largest absolute Gasteiger partial charge is 0.469 e. The van der Waals surface area contributed by atoms with Gasteiger partial charge in [-0.1, -0.05) is 26.7 Å². The van der Waals surface area contributed by atoms with E-state index in [1.807, 2.05) is 13.8 Å². The van der Waals surface area contributed by atoms with Gasteiger partial charge in [-0.3, -0.25) is 9.59 Å². The van der Waals surface area contributed by atoms with Crippen LogP contribution in [0.1, 0.15) is 52.4 Å². The summed E-state index contributed by atoms with van der Waals surface area (Å²) in [5, 5.41) is 10.3. The fraction of sp³-hybridized carbons (Fsp3) is 0.800. The topological polar surface area (TPSA) is 99.1 Å². The van der Waals surface area contributed by atoms with Gasteiger partial charge >= 0.3 is 17.9 Å². The highest BCUT2D eigenvalue weighted by molar-refractivity contribution is 5.90. The molecule has 0 aromatic rings. The molecular formula is C15H26O7. The van der Waals surface area contributed by atoms with E-state index in [1.54, 1.807) is 0 Å². The zero-order valence-electron chi connectivity index (χ0n) is 13.6. The third kappa shape index (κ3) is 7.97. The highest BCUT2D eigenvalue weighted by Gasteiger charge is 2.43. The maximum absolute atomic E-state index is 12.0. The van der Waals surface area contributed by atoms with Crippen LogP contribution in [-0.2, 0) is 28.6 Å². The third-order valence-corrected chi connectivity index (χ3v) is 2.97. The Morgan fingerprint density at radius 3 is 1.91 bits per heavy atom. The Balaban J connectivity index is 4.73. The number of esters is 3. The Hall–Kier alpha value is -1.63. The number of ether oxygens (including phenoxy) is 3. The van der Waals surface area contributed by atoms with Crippen LogP contribution in [0.2, 0.25) is 0 Å². The van der Waals surface area contributed by atoms with E-state index in [2.05, 4.69) is 4.74 Å². The van der Waals surface area contributed by atoms with Crippen LogP contribution < -0.4 is 0 Å². The minimum absolute atomic E-state index is 0.115. The monoisotopic (exact) mass is 318 g/mol. The lowest BCUT2D eigenvalue weighted by Crippen LogP contribution is -2.44. The highest BCUT2D eigenvalue weighted by atomic mass is 16.6. The number of unbranched alkanes of at least 4 members (excludes halogenated alkanes) is 2. The molecule has 0 saturated heterocycles. The van der Waals surface area contributed by atoms with Crippen LogP contribution in [0.4, 0.5) is 0 Å². The van der Waals surface area contributed by atoms with Crippen molar-refractivity contribution in [2.45, 2.75) is 58.0 Å². The molecule has 0 bridgehead atoms. The van der Waals surface area contributed by atoms with Crippen LogP contribution in [0.25, 0.3) is 0 Å². The van der Waals surface area contributed by atoms with Crippen molar-refractivity contribution in [3.05, 3.63) is 0 Å². The molecule has 0 heterocycles. The molecule has 1 atom stereocenters. The van der Waals surface area contributed by atoms with Crippen molar-refractivity contribution in [2.75, 3.05) is 20.3 Å². The number of hydrogen-bond acceptors (Lipinski definition) is 7. The minimum atomic E-state index is -2.26. The molecule has 0 aromatic heterocycles. The number of aliphatic hydroxyl groups is 1. The first-order valence-electron chi connectivity index (χ1n) is 7.51. The van der Waals surface area contributed by atoms with Crippen molar-refractivity contribution in [1.82, 2.24) is 0 Å². The van der Waals surface area contributed by atoms with E-state index in [-0.39, 0.29) is 13.2 Å². The van der Waals surface area contributed by atoms with Gasteiger partial charge in [0.05, 0.1) is 33.2 Å². The van der Waals surface area contributed by atoms with Crippen LogP contribution in [0.3, 0.4) is 0 Å². The fourth-order valence-electron chi connectivity index (χ4n) is 1.58. The Kier molecular flexibility index (Phi) is 10.2. The summed E-state index contributed by atoms with van der Waals surface area (Å²) in [6.07, 6.45) is 1.66. The molecule has 0 amide bonds. The first-order chi connectivity index (χ1) is 10.4. The van der Waals surface area contributed by atoms with Crippen LogP contribution in [0, 0.1) is 0 Å². The van der Waals surface area contributed by atoms with Crippen molar-refractivity contribution < 1.29 is 33.7 Å². The van der Waals surface area contributed by atoms with Gasteiger partial charge in [-0.15, -0.1) is 0 Å². The van der Waals surface area contributed by atoms with Crippen LogP contribution >= 0.6 is 0 Å². The second kappa shape index (κ2) is 11.0. The molecule has 1 N–H and O–H groups in total. The van der Waals surface area contributed by atoms with Crippen molar-refractivity contribution in [3.8, 4) is 0 Å². The molecule has 0 aromatic carbocycles. The Morgan fingerprint density at radius 2 is 1.41 bits per heavy atom. The lowest BCUT2D eigenvalue weighted by molar-refractivity contribution is -0.177. The highest BCUT2D eigenvalue weighted by Crippen LogP contribution is 2.20. The molecule has 0 rings (SSSR count). The summed E-state index contributed by atoms with van der Waals surface area (Å²) in [5.74, 6) is -2.58. The lowest BCUT2D eigenvalue weighted by atomic mass is 9.95. The van der Waals surface area contributed by atoms with Crippen LogP contribution in [0.5, 0.6) is 0 Å². The quantitative estimate of drug-likeness (QED) is 0.349. The van der Waals surface area contributed by atoms with Gasteiger partial charge < -0.3 is 19.3 Å². The normalized spacial score (nSPS) is 13.1. The summed E-state index contributed by atoms with van der Waals surface area (Å²) in [7, 11) is 1.13. The van der Waals surface area contributed by atoms with E-state index in [0.717, 1.165) is 20.0 Å². The van der Waals surface area contributed by atoms with E-state index >= 15 is 0 Å². The average Bonchev–Trinajstić information content (AvgIpc) is 2.47. The number of hydrogen-bond donors (Lipinski definition) is 1. The molecule has 22 heavy (non-hydrogen) atoms. The van der Waals surface area contributed by atoms with E-state index in [9.17, 15) is 19.5 Å². The van der Waals surface area contributed by atoms with E-state index in [0.29, 0.717) is 12.8 Å². The van der Waals surface area contributed by atoms with Gasteiger partial charge in [0.2, 0.25) is 0 Å². The summed E-state index contributed by atoms with van der Waals surface area (Å²) in [5.41, 5.74) is -2.26. The van der Waals surface area contributed by atoms with Gasteiger partial charge in [-0.2, -0.15) is 0 Å². The molecule has 0 saturated carbocycles. The molecule has 0 fully saturated rings. The van der Waals surface area contributed by atoms with Gasteiger partial charge in [0.1, 0.15) is 0 Å². The smallest absolute Gasteiger partial charge is 0.339 e.